The zero-order chi connectivity index (χ0) is 37.6. The van der Waals surface area contributed by atoms with Gasteiger partial charge in [-0.05, 0) is 97.5 Å². The van der Waals surface area contributed by atoms with Crippen molar-refractivity contribution in [3.8, 4) is 42.3 Å². The van der Waals surface area contributed by atoms with Crippen LogP contribution in [-0.4, -0.2) is 19.1 Å². The van der Waals surface area contributed by atoms with Crippen molar-refractivity contribution in [1.29, 1.82) is 0 Å². The first-order valence-electron chi connectivity index (χ1n) is 19.9. The third-order valence-corrected chi connectivity index (χ3v) is 13.4. The summed E-state index contributed by atoms with van der Waals surface area (Å²) in [5.41, 5.74) is 12.0. The molecular formula is C50H42N4S2. The van der Waals surface area contributed by atoms with Crippen LogP contribution in [0.1, 0.15) is 50.9 Å². The molecule has 6 heteroatoms. The second-order valence-corrected chi connectivity index (χ2v) is 16.6. The number of rotatable bonds is 11. The highest BCUT2D eigenvalue weighted by Crippen LogP contribution is 2.44. The van der Waals surface area contributed by atoms with Gasteiger partial charge in [-0.25, -0.2) is 9.97 Å². The van der Waals surface area contributed by atoms with Gasteiger partial charge in [-0.3, -0.25) is 0 Å². The van der Waals surface area contributed by atoms with E-state index in [0.29, 0.717) is 0 Å². The van der Waals surface area contributed by atoms with Gasteiger partial charge >= 0.3 is 0 Å². The molecule has 0 atom stereocenters. The number of fused-ring (bicyclic) bond motifs is 6. The van der Waals surface area contributed by atoms with Gasteiger partial charge in [0.2, 0.25) is 0 Å². The third-order valence-electron chi connectivity index (χ3n) is 11.0. The van der Waals surface area contributed by atoms with Gasteiger partial charge in [-0.15, -0.1) is 22.7 Å². The average Bonchev–Trinajstić information content (AvgIpc) is 4.03. The fraction of sp³-hybridized carbons (Fsp3) is 0.160. The molecule has 0 spiro atoms. The van der Waals surface area contributed by atoms with Crippen LogP contribution in [0, 0.1) is 0 Å². The van der Waals surface area contributed by atoms with Crippen molar-refractivity contribution in [2.75, 3.05) is 0 Å². The number of benzene rings is 6. The summed E-state index contributed by atoms with van der Waals surface area (Å²) >= 11 is 3.61. The van der Waals surface area contributed by atoms with Crippen molar-refractivity contribution < 1.29 is 0 Å². The summed E-state index contributed by atoms with van der Waals surface area (Å²) in [5, 5.41) is 7.10. The Bertz CT molecular complexity index is 2790. The highest BCUT2D eigenvalue weighted by molar-refractivity contribution is 7.24. The summed E-state index contributed by atoms with van der Waals surface area (Å²) in [6.07, 6.45) is 6.37. The minimum absolute atomic E-state index is 0.954. The number of thiazole rings is 2. The molecule has 0 fully saturated rings. The van der Waals surface area contributed by atoms with Crippen LogP contribution >= 0.6 is 22.7 Å². The molecule has 10 aromatic rings. The molecule has 0 aliphatic rings. The summed E-state index contributed by atoms with van der Waals surface area (Å²) in [6, 6.07) is 52.9. The average molecular weight is 763 g/mol. The van der Waals surface area contributed by atoms with Crippen LogP contribution in [0.5, 0.6) is 0 Å². The van der Waals surface area contributed by atoms with E-state index in [4.69, 9.17) is 9.97 Å². The summed E-state index contributed by atoms with van der Waals surface area (Å²) in [6.45, 7) is 4.53. The van der Waals surface area contributed by atoms with Crippen molar-refractivity contribution in [3.05, 3.63) is 157 Å². The Morgan fingerprint density at radius 2 is 0.821 bits per heavy atom. The van der Waals surface area contributed by atoms with Crippen molar-refractivity contribution in [2.24, 2.45) is 0 Å². The first-order chi connectivity index (χ1) is 27.7. The molecule has 4 heterocycles. The van der Waals surface area contributed by atoms with Gasteiger partial charge < -0.3 is 9.13 Å². The number of unbranched alkanes of at least 4 members (excludes halogenated alkanes) is 2. The van der Waals surface area contributed by atoms with Crippen LogP contribution in [-0.2, 0) is 12.8 Å². The van der Waals surface area contributed by atoms with Gasteiger partial charge in [0.05, 0.1) is 43.2 Å². The maximum atomic E-state index is 5.40. The molecule has 0 bridgehead atoms. The smallest absolute Gasteiger partial charge is 0.153 e. The number of hydrogen-bond acceptors (Lipinski definition) is 4. The molecule has 274 valence electrons. The molecule has 0 aliphatic heterocycles. The molecule has 0 amide bonds. The van der Waals surface area contributed by atoms with Crippen LogP contribution in [0.15, 0.2) is 146 Å². The number of aryl methyl sites for hydroxylation is 2. The van der Waals surface area contributed by atoms with Gasteiger partial charge in [-0.1, -0.05) is 112 Å². The fourth-order valence-electron chi connectivity index (χ4n) is 8.30. The zero-order valence-electron chi connectivity index (χ0n) is 31.7. The Kier molecular flexibility index (Phi) is 9.09. The monoisotopic (exact) mass is 762 g/mol. The van der Waals surface area contributed by atoms with E-state index in [-0.39, 0.29) is 0 Å². The molecule has 0 radical (unpaired) electrons. The van der Waals surface area contributed by atoms with E-state index in [9.17, 15) is 0 Å². The van der Waals surface area contributed by atoms with Crippen LogP contribution in [0.4, 0.5) is 0 Å². The molecule has 0 aliphatic carbocycles. The highest BCUT2D eigenvalue weighted by Gasteiger charge is 2.22. The second-order valence-electron chi connectivity index (χ2n) is 14.6. The summed E-state index contributed by atoms with van der Waals surface area (Å²) < 4.78 is 4.77. The SMILES string of the molecule is CCCCc1nc(-c2nc(CCCC)c(-c3ccc4c(c3)c3ccccc3n4-c3ccccc3)s2)sc1-c1ccc2c(c1)c1ccccc1n2-c1ccccc1. The van der Waals surface area contributed by atoms with E-state index in [2.05, 4.69) is 169 Å². The van der Waals surface area contributed by atoms with Crippen molar-refractivity contribution in [3.63, 3.8) is 0 Å². The Morgan fingerprint density at radius 1 is 0.429 bits per heavy atom. The van der Waals surface area contributed by atoms with Crippen LogP contribution in [0.2, 0.25) is 0 Å². The molecule has 4 aromatic heterocycles. The largest absolute Gasteiger partial charge is 0.309 e. The standard InChI is InChI=1S/C50H42N4S2/c1-3-5-23-41-47(33-27-29-45-39(31-33)37-21-13-15-25-43(37)53(45)35-17-9-7-10-18-35)55-49(51-41)50-52-42(24-6-4-2)48(56-50)34-28-30-46-40(32-34)38-22-14-16-26-44(38)54(46)36-19-11-8-12-20-36/h7-22,25-32H,3-6,23-24H2,1-2H3. The molecule has 6 aromatic carbocycles. The van der Waals surface area contributed by atoms with Gasteiger partial charge in [0, 0.05) is 32.9 Å². The predicted octanol–water partition coefficient (Wildman–Crippen LogP) is 14.5. The fourth-order valence-corrected chi connectivity index (χ4v) is 10.5. The van der Waals surface area contributed by atoms with Gasteiger partial charge in [-0.2, -0.15) is 0 Å². The highest BCUT2D eigenvalue weighted by atomic mass is 32.1. The van der Waals surface area contributed by atoms with E-state index in [1.807, 2.05) is 0 Å². The Labute approximate surface area is 335 Å². The number of para-hydroxylation sites is 4. The van der Waals surface area contributed by atoms with E-state index >= 15 is 0 Å². The topological polar surface area (TPSA) is 35.6 Å². The lowest BCUT2D eigenvalue weighted by atomic mass is 10.1. The number of hydrogen-bond donors (Lipinski definition) is 0. The van der Waals surface area contributed by atoms with E-state index in [1.54, 1.807) is 22.7 Å². The first kappa shape index (κ1) is 34.7. The van der Waals surface area contributed by atoms with Crippen LogP contribution < -0.4 is 0 Å². The second kappa shape index (κ2) is 14.7. The Morgan fingerprint density at radius 3 is 1.25 bits per heavy atom. The van der Waals surface area contributed by atoms with Crippen molar-refractivity contribution in [1.82, 2.24) is 19.1 Å². The molecule has 0 saturated carbocycles. The minimum atomic E-state index is 0.954. The number of aromatic nitrogens is 4. The van der Waals surface area contributed by atoms with Gasteiger partial charge in [0.1, 0.15) is 0 Å². The van der Waals surface area contributed by atoms with Gasteiger partial charge in [0.25, 0.3) is 0 Å². The molecule has 0 unspecified atom stereocenters. The lowest BCUT2D eigenvalue weighted by molar-refractivity contribution is 0.780. The van der Waals surface area contributed by atoms with Crippen molar-refractivity contribution in [2.45, 2.75) is 52.4 Å². The Balaban J connectivity index is 1.09. The molecular weight excluding hydrogens is 721 g/mol. The lowest BCUT2D eigenvalue weighted by Crippen LogP contribution is -1.93. The lowest BCUT2D eigenvalue weighted by Gasteiger charge is -2.08. The number of nitrogens with zero attached hydrogens (tertiary/aromatic N) is 4. The Hall–Kier alpha value is -5.82. The molecule has 0 N–H and O–H groups in total. The quantitative estimate of drug-likeness (QED) is 0.132. The van der Waals surface area contributed by atoms with E-state index in [1.165, 1.54) is 87.3 Å². The normalized spacial score (nSPS) is 11.8. The molecule has 56 heavy (non-hydrogen) atoms. The summed E-state index contributed by atoms with van der Waals surface area (Å²) in [4.78, 5) is 13.3. The van der Waals surface area contributed by atoms with E-state index in [0.717, 1.165) is 48.5 Å². The third kappa shape index (κ3) is 5.96. The van der Waals surface area contributed by atoms with Crippen LogP contribution in [0.25, 0.3) is 85.9 Å². The molecule has 4 nitrogen and oxygen atoms in total. The van der Waals surface area contributed by atoms with Crippen LogP contribution in [0.3, 0.4) is 0 Å². The zero-order valence-corrected chi connectivity index (χ0v) is 33.3. The maximum Gasteiger partial charge on any atom is 0.153 e. The van der Waals surface area contributed by atoms with E-state index < -0.39 is 0 Å². The summed E-state index contributed by atoms with van der Waals surface area (Å²) in [7, 11) is 0. The minimum Gasteiger partial charge on any atom is -0.309 e. The molecule has 10 rings (SSSR count). The first-order valence-corrected chi connectivity index (χ1v) is 21.5. The van der Waals surface area contributed by atoms with Gasteiger partial charge in [0.15, 0.2) is 10.0 Å². The molecule has 0 saturated heterocycles. The van der Waals surface area contributed by atoms with Crippen molar-refractivity contribution >= 4 is 66.3 Å². The maximum absolute atomic E-state index is 5.40. The predicted molar refractivity (Wildman–Crippen MR) is 240 cm³/mol. The summed E-state index contributed by atoms with van der Waals surface area (Å²) in [5.74, 6) is 0.